The van der Waals surface area contributed by atoms with Gasteiger partial charge in [-0.3, -0.25) is 14.4 Å². The van der Waals surface area contributed by atoms with Crippen molar-refractivity contribution in [3.63, 3.8) is 0 Å². The van der Waals surface area contributed by atoms with E-state index in [1.165, 1.54) is 29.1 Å². The van der Waals surface area contributed by atoms with Crippen molar-refractivity contribution >= 4 is 5.91 Å². The molecular formula is C18H17F3N2O2. The Morgan fingerprint density at radius 3 is 2.64 bits per heavy atom. The predicted molar refractivity (Wildman–Crippen MR) is 85.5 cm³/mol. The molecule has 1 atom stereocenters. The molecule has 1 aromatic heterocycles. The fraction of sp³-hybridized carbons (Fsp3) is 0.333. The lowest BCUT2D eigenvalue weighted by molar-refractivity contribution is -0.118. The van der Waals surface area contributed by atoms with Gasteiger partial charge in [-0.25, -0.2) is 0 Å². The van der Waals surface area contributed by atoms with Crippen molar-refractivity contribution in [3.8, 4) is 5.75 Å². The maximum atomic E-state index is 12.5. The molecule has 1 aliphatic heterocycles. The first-order valence-corrected chi connectivity index (χ1v) is 7.93. The van der Waals surface area contributed by atoms with Gasteiger partial charge in [0.05, 0.1) is 12.0 Å². The van der Waals surface area contributed by atoms with Gasteiger partial charge in [-0.1, -0.05) is 18.2 Å². The van der Waals surface area contributed by atoms with E-state index >= 15 is 0 Å². The monoisotopic (exact) mass is 350 g/mol. The number of carbonyl (C=O) groups is 1. The summed E-state index contributed by atoms with van der Waals surface area (Å²) >= 11 is 0. The second-order valence-corrected chi connectivity index (χ2v) is 5.86. The summed E-state index contributed by atoms with van der Waals surface area (Å²) in [5.74, 6) is 0.751. The SMILES string of the molecule is O=C(C[C@@H]1CCOc2ccccc21)n1ccc(=NCC(F)(F)F)cc1. The number of pyridine rings is 1. The van der Waals surface area contributed by atoms with Crippen molar-refractivity contribution in [2.75, 3.05) is 13.2 Å². The average Bonchev–Trinajstić information content (AvgIpc) is 2.60. The van der Waals surface area contributed by atoms with Crippen LogP contribution in [0.15, 0.2) is 53.8 Å². The van der Waals surface area contributed by atoms with Gasteiger partial charge < -0.3 is 4.74 Å². The quantitative estimate of drug-likeness (QED) is 0.850. The number of fused-ring (bicyclic) bond motifs is 1. The molecule has 0 spiro atoms. The van der Waals surface area contributed by atoms with Crippen LogP contribution in [0.25, 0.3) is 0 Å². The number of alkyl halides is 3. The Kier molecular flexibility index (Phi) is 4.92. The number of para-hydroxylation sites is 1. The Labute approximate surface area is 142 Å². The fourth-order valence-electron chi connectivity index (χ4n) is 2.82. The highest BCUT2D eigenvalue weighted by atomic mass is 19.4. The summed E-state index contributed by atoms with van der Waals surface area (Å²) in [7, 11) is 0. The highest BCUT2D eigenvalue weighted by Crippen LogP contribution is 2.35. The van der Waals surface area contributed by atoms with E-state index in [1.807, 2.05) is 24.3 Å². The van der Waals surface area contributed by atoms with Crippen LogP contribution < -0.4 is 10.1 Å². The number of nitrogens with zero attached hydrogens (tertiary/aromatic N) is 2. The van der Waals surface area contributed by atoms with E-state index in [0.29, 0.717) is 13.0 Å². The first kappa shape index (κ1) is 17.3. The molecule has 4 nitrogen and oxygen atoms in total. The predicted octanol–water partition coefficient (Wildman–Crippen LogP) is 3.55. The summed E-state index contributed by atoms with van der Waals surface area (Å²) in [5, 5.41) is 0.192. The molecular weight excluding hydrogens is 333 g/mol. The lowest BCUT2D eigenvalue weighted by Crippen LogP contribution is -2.21. The van der Waals surface area contributed by atoms with Crippen molar-refractivity contribution in [1.82, 2.24) is 4.57 Å². The highest BCUT2D eigenvalue weighted by molar-refractivity contribution is 5.79. The minimum atomic E-state index is -4.34. The number of hydrogen-bond donors (Lipinski definition) is 0. The lowest BCUT2D eigenvalue weighted by atomic mass is 9.90. The zero-order chi connectivity index (χ0) is 17.9. The fourth-order valence-corrected chi connectivity index (χ4v) is 2.82. The summed E-state index contributed by atoms with van der Waals surface area (Å²) in [6.07, 6.45) is -0.379. The molecule has 7 heteroatoms. The third-order valence-electron chi connectivity index (χ3n) is 4.04. The van der Waals surface area contributed by atoms with Gasteiger partial charge in [-0.05, 0) is 36.1 Å². The molecule has 0 bridgehead atoms. The maximum absolute atomic E-state index is 12.5. The number of rotatable bonds is 3. The molecule has 132 valence electrons. The van der Waals surface area contributed by atoms with E-state index in [2.05, 4.69) is 4.99 Å². The van der Waals surface area contributed by atoms with Crippen LogP contribution >= 0.6 is 0 Å². The summed E-state index contributed by atoms with van der Waals surface area (Å²) in [4.78, 5) is 15.9. The van der Waals surface area contributed by atoms with Gasteiger partial charge in [0.15, 0.2) is 0 Å². The van der Waals surface area contributed by atoms with Crippen molar-refractivity contribution in [2.24, 2.45) is 4.99 Å². The first-order chi connectivity index (χ1) is 11.9. The van der Waals surface area contributed by atoms with Crippen LogP contribution in [0.4, 0.5) is 13.2 Å². The Morgan fingerprint density at radius 1 is 1.20 bits per heavy atom. The van der Waals surface area contributed by atoms with Gasteiger partial charge in [0.2, 0.25) is 5.91 Å². The van der Waals surface area contributed by atoms with Gasteiger partial charge in [-0.2, -0.15) is 13.2 Å². The smallest absolute Gasteiger partial charge is 0.407 e. The first-order valence-electron chi connectivity index (χ1n) is 7.93. The number of carbonyl (C=O) groups excluding carboxylic acids is 1. The minimum absolute atomic E-state index is 0.0690. The summed E-state index contributed by atoms with van der Waals surface area (Å²) in [5.41, 5.74) is 1.01. The van der Waals surface area contributed by atoms with E-state index < -0.39 is 12.7 Å². The Morgan fingerprint density at radius 2 is 1.92 bits per heavy atom. The third kappa shape index (κ3) is 4.49. The van der Waals surface area contributed by atoms with Crippen LogP contribution in [0.5, 0.6) is 5.75 Å². The van der Waals surface area contributed by atoms with E-state index in [0.717, 1.165) is 17.7 Å². The molecule has 0 amide bonds. The van der Waals surface area contributed by atoms with Gasteiger partial charge in [0.25, 0.3) is 0 Å². The van der Waals surface area contributed by atoms with Gasteiger partial charge >= 0.3 is 6.18 Å². The largest absolute Gasteiger partial charge is 0.493 e. The molecule has 1 aromatic carbocycles. The highest BCUT2D eigenvalue weighted by Gasteiger charge is 2.26. The topological polar surface area (TPSA) is 43.6 Å². The summed E-state index contributed by atoms with van der Waals surface area (Å²) < 4.78 is 43.5. The second kappa shape index (κ2) is 7.13. The normalized spacial score (nSPS) is 16.7. The maximum Gasteiger partial charge on any atom is 0.407 e. The van der Waals surface area contributed by atoms with Crippen LogP contribution in [0.1, 0.15) is 29.1 Å². The molecule has 25 heavy (non-hydrogen) atoms. The molecule has 0 N–H and O–H groups in total. The zero-order valence-electron chi connectivity index (χ0n) is 13.4. The molecule has 2 heterocycles. The minimum Gasteiger partial charge on any atom is -0.493 e. The molecule has 0 unspecified atom stereocenters. The molecule has 0 saturated heterocycles. The number of ether oxygens (including phenoxy) is 1. The van der Waals surface area contributed by atoms with Crippen LogP contribution in [0.3, 0.4) is 0 Å². The van der Waals surface area contributed by atoms with Gasteiger partial charge in [0, 0.05) is 18.8 Å². The van der Waals surface area contributed by atoms with Crippen LogP contribution in [-0.4, -0.2) is 29.8 Å². The molecule has 0 saturated carbocycles. The Balaban J connectivity index is 1.70. The summed E-state index contributed by atoms with van der Waals surface area (Å²) in [6.45, 7) is -0.668. The number of halogens is 3. The summed E-state index contributed by atoms with van der Waals surface area (Å²) in [6, 6.07) is 10.4. The van der Waals surface area contributed by atoms with Crippen LogP contribution in [0, 0.1) is 0 Å². The number of aromatic nitrogens is 1. The van der Waals surface area contributed by atoms with Crippen molar-refractivity contribution in [1.29, 1.82) is 0 Å². The van der Waals surface area contributed by atoms with Crippen LogP contribution in [0.2, 0.25) is 0 Å². The Bertz CT molecular complexity index is 807. The average molecular weight is 350 g/mol. The molecule has 0 aliphatic carbocycles. The second-order valence-electron chi connectivity index (χ2n) is 5.86. The lowest BCUT2D eigenvalue weighted by Gasteiger charge is -2.25. The van der Waals surface area contributed by atoms with E-state index in [1.54, 1.807) is 0 Å². The standard InChI is InChI=1S/C18H17F3N2O2/c19-18(20,21)12-22-14-5-8-23(9-6-14)17(24)11-13-7-10-25-16-4-2-1-3-15(13)16/h1-6,8-9,13H,7,10-12H2/t13-/m0/s1. The van der Waals surface area contributed by atoms with E-state index in [-0.39, 0.29) is 17.2 Å². The van der Waals surface area contributed by atoms with Gasteiger partial charge in [0.1, 0.15) is 12.3 Å². The van der Waals surface area contributed by atoms with E-state index in [4.69, 9.17) is 4.74 Å². The molecule has 3 rings (SSSR count). The van der Waals surface area contributed by atoms with E-state index in [9.17, 15) is 18.0 Å². The molecule has 1 aliphatic rings. The number of benzene rings is 1. The number of hydrogen-bond acceptors (Lipinski definition) is 3. The van der Waals surface area contributed by atoms with Gasteiger partial charge in [-0.15, -0.1) is 0 Å². The van der Waals surface area contributed by atoms with Crippen molar-refractivity contribution in [2.45, 2.75) is 24.9 Å². The molecule has 0 fully saturated rings. The molecule has 0 radical (unpaired) electrons. The van der Waals surface area contributed by atoms with Crippen LogP contribution in [-0.2, 0) is 0 Å². The Hall–Kier alpha value is -2.57. The zero-order valence-corrected chi connectivity index (χ0v) is 13.4. The van der Waals surface area contributed by atoms with Crippen molar-refractivity contribution in [3.05, 3.63) is 59.7 Å². The van der Waals surface area contributed by atoms with Crippen molar-refractivity contribution < 1.29 is 22.7 Å². The molecule has 2 aromatic rings. The third-order valence-corrected chi connectivity index (χ3v) is 4.04.